The summed E-state index contributed by atoms with van der Waals surface area (Å²) in [6.07, 6.45) is 3.94. The number of rotatable bonds is 4. The Bertz CT molecular complexity index is 374. The Morgan fingerprint density at radius 3 is 2.50 bits per heavy atom. The quantitative estimate of drug-likeness (QED) is 0.792. The van der Waals surface area contributed by atoms with Gasteiger partial charge in [-0.3, -0.25) is 4.79 Å². The average Bonchev–Trinajstić information content (AvgIpc) is 3.01. The first-order chi connectivity index (χ1) is 7.50. The second-order valence-electron chi connectivity index (χ2n) is 4.68. The fourth-order valence-electron chi connectivity index (χ4n) is 2.16. The molecule has 0 bridgehead atoms. The lowest BCUT2D eigenvalue weighted by Gasteiger charge is -2.31. The second-order valence-corrected chi connectivity index (χ2v) is 6.65. The number of carboxylic acid groups (broad SMARTS) is 1. The number of piperidine rings is 1. The van der Waals surface area contributed by atoms with E-state index in [1.54, 1.807) is 0 Å². The van der Waals surface area contributed by atoms with Gasteiger partial charge in [0.25, 0.3) is 0 Å². The summed E-state index contributed by atoms with van der Waals surface area (Å²) in [5, 5.41) is 9.02. The van der Waals surface area contributed by atoms with E-state index in [9.17, 15) is 13.2 Å². The van der Waals surface area contributed by atoms with Crippen LogP contribution < -0.4 is 0 Å². The number of sulfonamides is 1. The van der Waals surface area contributed by atoms with Crippen LogP contribution in [0.5, 0.6) is 0 Å². The smallest absolute Gasteiger partial charge is 0.322 e. The van der Waals surface area contributed by atoms with E-state index >= 15 is 0 Å². The van der Waals surface area contributed by atoms with Gasteiger partial charge in [-0.05, 0) is 38.0 Å². The minimum atomic E-state index is -3.36. The van der Waals surface area contributed by atoms with Crippen LogP contribution in [0.15, 0.2) is 0 Å². The molecule has 16 heavy (non-hydrogen) atoms. The van der Waals surface area contributed by atoms with Crippen molar-refractivity contribution in [2.75, 3.05) is 12.3 Å². The molecule has 1 saturated carbocycles. The minimum Gasteiger partial charge on any atom is -0.480 e. The molecule has 1 aliphatic carbocycles. The van der Waals surface area contributed by atoms with Gasteiger partial charge < -0.3 is 5.11 Å². The molecule has 2 rings (SSSR count). The normalized spacial score (nSPS) is 27.9. The van der Waals surface area contributed by atoms with E-state index in [1.165, 1.54) is 4.31 Å². The molecule has 0 unspecified atom stereocenters. The molecule has 0 spiro atoms. The number of carbonyl (C=O) groups is 1. The van der Waals surface area contributed by atoms with E-state index in [2.05, 4.69) is 0 Å². The molecule has 6 heteroatoms. The van der Waals surface area contributed by atoms with E-state index in [0.717, 1.165) is 25.7 Å². The van der Waals surface area contributed by atoms with Gasteiger partial charge in [0.15, 0.2) is 0 Å². The van der Waals surface area contributed by atoms with E-state index in [0.29, 0.717) is 13.0 Å². The fourth-order valence-corrected chi connectivity index (χ4v) is 4.27. The third kappa shape index (κ3) is 2.55. The highest BCUT2D eigenvalue weighted by molar-refractivity contribution is 7.89. The summed E-state index contributed by atoms with van der Waals surface area (Å²) in [5.74, 6) is -0.614. The average molecular weight is 247 g/mol. The lowest BCUT2D eigenvalue weighted by Crippen LogP contribution is -2.48. The van der Waals surface area contributed by atoms with Gasteiger partial charge in [0.05, 0.1) is 5.75 Å². The van der Waals surface area contributed by atoms with Crippen molar-refractivity contribution in [3.8, 4) is 0 Å². The Morgan fingerprint density at radius 1 is 1.25 bits per heavy atom. The summed E-state index contributed by atoms with van der Waals surface area (Å²) in [5.41, 5.74) is 0. The van der Waals surface area contributed by atoms with Crippen LogP contribution in [0.25, 0.3) is 0 Å². The van der Waals surface area contributed by atoms with E-state index in [4.69, 9.17) is 5.11 Å². The number of aliphatic carboxylic acids is 1. The first-order valence-corrected chi connectivity index (χ1v) is 7.34. The van der Waals surface area contributed by atoms with Crippen LogP contribution in [0, 0.1) is 5.92 Å². The second kappa shape index (κ2) is 4.33. The SMILES string of the molecule is O=C(O)[C@H]1CCCCN1S(=O)(=O)CC1CC1. The van der Waals surface area contributed by atoms with Crippen LogP contribution in [-0.2, 0) is 14.8 Å². The van der Waals surface area contributed by atoms with Gasteiger partial charge in [0.1, 0.15) is 6.04 Å². The van der Waals surface area contributed by atoms with Gasteiger partial charge in [-0.2, -0.15) is 4.31 Å². The molecule has 1 atom stereocenters. The van der Waals surface area contributed by atoms with Crippen molar-refractivity contribution in [2.45, 2.75) is 38.1 Å². The standard InChI is InChI=1S/C10H17NO4S/c12-10(13)9-3-1-2-6-11(9)16(14,15)7-8-4-5-8/h8-9H,1-7H2,(H,12,13)/t9-/m1/s1. The van der Waals surface area contributed by atoms with Crippen LogP contribution in [0.1, 0.15) is 32.1 Å². The molecule has 2 fully saturated rings. The Labute approximate surface area is 95.5 Å². The third-order valence-electron chi connectivity index (χ3n) is 3.24. The maximum Gasteiger partial charge on any atom is 0.322 e. The van der Waals surface area contributed by atoms with Crippen molar-refractivity contribution in [1.82, 2.24) is 4.31 Å². The molecule has 2 aliphatic rings. The molecule has 92 valence electrons. The van der Waals surface area contributed by atoms with Gasteiger partial charge >= 0.3 is 5.97 Å². The number of hydrogen-bond donors (Lipinski definition) is 1. The molecular formula is C10H17NO4S. The summed E-state index contributed by atoms with van der Waals surface area (Å²) in [6.45, 7) is 0.367. The predicted octanol–water partition coefficient (Wildman–Crippen LogP) is 0.665. The molecule has 0 aromatic rings. The Balaban J connectivity index is 2.11. The maximum atomic E-state index is 12.0. The van der Waals surface area contributed by atoms with E-state index < -0.39 is 22.0 Å². The minimum absolute atomic E-state index is 0.136. The van der Waals surface area contributed by atoms with Crippen molar-refractivity contribution < 1.29 is 18.3 Å². The van der Waals surface area contributed by atoms with Crippen molar-refractivity contribution in [2.24, 2.45) is 5.92 Å². The maximum absolute atomic E-state index is 12.0. The van der Waals surface area contributed by atoms with Crippen molar-refractivity contribution in [3.63, 3.8) is 0 Å². The van der Waals surface area contributed by atoms with Crippen LogP contribution in [0.2, 0.25) is 0 Å². The molecule has 1 heterocycles. The molecule has 1 aliphatic heterocycles. The van der Waals surface area contributed by atoms with Crippen LogP contribution >= 0.6 is 0 Å². The Hall–Kier alpha value is -0.620. The monoisotopic (exact) mass is 247 g/mol. The number of nitrogens with zero attached hydrogens (tertiary/aromatic N) is 1. The highest BCUT2D eigenvalue weighted by Crippen LogP contribution is 2.32. The summed E-state index contributed by atoms with van der Waals surface area (Å²) in [7, 11) is -3.36. The summed E-state index contributed by atoms with van der Waals surface area (Å²) in [4.78, 5) is 11.0. The zero-order valence-corrected chi connectivity index (χ0v) is 9.95. The third-order valence-corrected chi connectivity index (χ3v) is 5.28. The lowest BCUT2D eigenvalue weighted by atomic mass is 10.1. The summed E-state index contributed by atoms with van der Waals surface area (Å²) >= 11 is 0. The molecule has 0 aromatic carbocycles. The van der Waals surface area contributed by atoms with Crippen molar-refractivity contribution >= 4 is 16.0 Å². The van der Waals surface area contributed by atoms with Crippen molar-refractivity contribution in [3.05, 3.63) is 0 Å². The van der Waals surface area contributed by atoms with Gasteiger partial charge in [-0.15, -0.1) is 0 Å². The molecule has 1 saturated heterocycles. The van der Waals surface area contributed by atoms with E-state index in [1.807, 2.05) is 0 Å². The molecule has 0 amide bonds. The molecular weight excluding hydrogens is 230 g/mol. The summed E-state index contributed by atoms with van der Waals surface area (Å²) < 4.78 is 25.2. The van der Waals surface area contributed by atoms with Gasteiger partial charge in [-0.25, -0.2) is 8.42 Å². The highest BCUT2D eigenvalue weighted by Gasteiger charge is 2.39. The van der Waals surface area contributed by atoms with E-state index in [-0.39, 0.29) is 11.7 Å². The van der Waals surface area contributed by atoms with Crippen LogP contribution in [0.3, 0.4) is 0 Å². The van der Waals surface area contributed by atoms with Gasteiger partial charge in [-0.1, -0.05) is 0 Å². The molecule has 0 radical (unpaired) electrons. The Morgan fingerprint density at radius 2 is 1.94 bits per heavy atom. The molecule has 0 aromatic heterocycles. The highest BCUT2D eigenvalue weighted by atomic mass is 32.2. The molecule has 5 nitrogen and oxygen atoms in total. The predicted molar refractivity (Wildman–Crippen MR) is 58.5 cm³/mol. The van der Waals surface area contributed by atoms with Gasteiger partial charge in [0.2, 0.25) is 10.0 Å². The Kier molecular flexibility index (Phi) is 3.21. The molecule has 1 N–H and O–H groups in total. The number of carboxylic acids is 1. The van der Waals surface area contributed by atoms with Gasteiger partial charge in [0, 0.05) is 6.54 Å². The number of hydrogen-bond acceptors (Lipinski definition) is 3. The first kappa shape index (κ1) is 11.9. The van der Waals surface area contributed by atoms with Crippen LogP contribution in [0.4, 0.5) is 0 Å². The zero-order chi connectivity index (χ0) is 11.8. The van der Waals surface area contributed by atoms with Crippen molar-refractivity contribution in [1.29, 1.82) is 0 Å². The largest absolute Gasteiger partial charge is 0.480 e. The fraction of sp³-hybridized carbons (Fsp3) is 0.900. The van der Waals surface area contributed by atoms with Crippen LogP contribution in [-0.4, -0.2) is 42.1 Å². The lowest BCUT2D eigenvalue weighted by molar-refractivity contribution is -0.142. The summed E-state index contributed by atoms with van der Waals surface area (Å²) in [6, 6.07) is -0.836. The topological polar surface area (TPSA) is 74.7 Å². The first-order valence-electron chi connectivity index (χ1n) is 5.73. The zero-order valence-electron chi connectivity index (χ0n) is 9.13.